The third-order valence-electron chi connectivity index (χ3n) is 4.10. The molecule has 3 N–H and O–H groups in total. The van der Waals surface area contributed by atoms with E-state index in [-0.39, 0.29) is 0 Å². The van der Waals surface area contributed by atoms with Crippen LogP contribution in [0, 0.1) is 0 Å². The summed E-state index contributed by atoms with van der Waals surface area (Å²) >= 11 is 0. The van der Waals surface area contributed by atoms with Gasteiger partial charge >= 0.3 is 0 Å². The van der Waals surface area contributed by atoms with Crippen molar-refractivity contribution >= 4 is 5.96 Å². The van der Waals surface area contributed by atoms with E-state index in [2.05, 4.69) is 10.3 Å². The fourth-order valence-corrected chi connectivity index (χ4v) is 2.82. The van der Waals surface area contributed by atoms with Crippen molar-refractivity contribution in [2.24, 2.45) is 10.7 Å². The fourth-order valence-electron chi connectivity index (χ4n) is 2.82. The van der Waals surface area contributed by atoms with Gasteiger partial charge < -0.3 is 20.5 Å². The molecular formula is C18H29N3O2. The van der Waals surface area contributed by atoms with Gasteiger partial charge in [-0.15, -0.1) is 0 Å². The Balaban J connectivity index is 1.63. The number of hydrogen-bond donors (Lipinski definition) is 2. The highest BCUT2D eigenvalue weighted by Gasteiger charge is 2.11. The van der Waals surface area contributed by atoms with E-state index < -0.39 is 0 Å². The number of hydrogen-bond acceptors (Lipinski definition) is 3. The molecule has 0 heterocycles. The van der Waals surface area contributed by atoms with Crippen molar-refractivity contribution in [2.45, 2.75) is 51.0 Å². The van der Waals surface area contributed by atoms with Crippen molar-refractivity contribution < 1.29 is 9.47 Å². The van der Waals surface area contributed by atoms with Gasteiger partial charge in [0.2, 0.25) is 0 Å². The van der Waals surface area contributed by atoms with Gasteiger partial charge in [-0.1, -0.05) is 31.7 Å². The van der Waals surface area contributed by atoms with Crippen molar-refractivity contribution in [3.05, 3.63) is 24.3 Å². The first-order chi connectivity index (χ1) is 11.3. The summed E-state index contributed by atoms with van der Waals surface area (Å²) in [7, 11) is 1.65. The molecule has 5 nitrogen and oxygen atoms in total. The predicted octanol–water partition coefficient (Wildman–Crippen LogP) is 3.09. The second-order valence-corrected chi connectivity index (χ2v) is 5.98. The van der Waals surface area contributed by atoms with E-state index in [4.69, 9.17) is 15.2 Å². The molecular weight excluding hydrogens is 290 g/mol. The third kappa shape index (κ3) is 6.80. The van der Waals surface area contributed by atoms with E-state index in [1.54, 1.807) is 7.11 Å². The zero-order chi connectivity index (χ0) is 16.3. The molecule has 23 heavy (non-hydrogen) atoms. The molecule has 1 fully saturated rings. The number of aliphatic imine (C=N–C) groups is 1. The van der Waals surface area contributed by atoms with Crippen LogP contribution in [0.2, 0.25) is 0 Å². The Kier molecular flexibility index (Phi) is 7.57. The Morgan fingerprint density at radius 2 is 1.96 bits per heavy atom. The molecule has 0 aliphatic heterocycles. The highest BCUT2D eigenvalue weighted by Crippen LogP contribution is 2.19. The molecule has 128 valence electrons. The average molecular weight is 319 g/mol. The van der Waals surface area contributed by atoms with Gasteiger partial charge in [0.05, 0.1) is 13.7 Å². The Hall–Kier alpha value is -1.91. The smallest absolute Gasteiger partial charge is 0.188 e. The second-order valence-electron chi connectivity index (χ2n) is 5.98. The molecule has 1 aromatic carbocycles. The minimum atomic E-state index is 0.495. The van der Waals surface area contributed by atoms with E-state index in [1.807, 2.05) is 24.3 Å². The molecule has 0 amide bonds. The first-order valence-electron chi connectivity index (χ1n) is 8.61. The minimum absolute atomic E-state index is 0.495. The summed E-state index contributed by atoms with van der Waals surface area (Å²) in [5.41, 5.74) is 5.97. The molecule has 0 unspecified atom stereocenters. The number of guanidine groups is 1. The molecule has 0 spiro atoms. The highest BCUT2D eigenvalue weighted by atomic mass is 16.5. The lowest BCUT2D eigenvalue weighted by Gasteiger charge is -2.16. The summed E-state index contributed by atoms with van der Waals surface area (Å²) in [6.45, 7) is 1.29. The molecule has 5 heteroatoms. The summed E-state index contributed by atoms with van der Waals surface area (Å²) in [5, 5.41) is 3.35. The van der Waals surface area contributed by atoms with Crippen LogP contribution in [0.3, 0.4) is 0 Å². The summed E-state index contributed by atoms with van der Waals surface area (Å²) in [4.78, 5) is 4.39. The maximum atomic E-state index is 5.97. The number of methoxy groups -OCH3 is 1. The van der Waals surface area contributed by atoms with Crippen LogP contribution in [-0.4, -0.2) is 32.3 Å². The average Bonchev–Trinajstić information content (AvgIpc) is 2.83. The Bertz CT molecular complexity index is 483. The SMILES string of the molecule is COc1cccc(OCCCN=C(N)NC2CCCCCC2)c1. The maximum absolute atomic E-state index is 5.97. The predicted molar refractivity (Wildman–Crippen MR) is 94.2 cm³/mol. The molecule has 1 aromatic rings. The molecule has 2 rings (SSSR count). The Morgan fingerprint density at radius 3 is 2.70 bits per heavy atom. The van der Waals surface area contributed by atoms with Crippen molar-refractivity contribution in [3.63, 3.8) is 0 Å². The number of nitrogens with one attached hydrogen (secondary N) is 1. The van der Waals surface area contributed by atoms with Gasteiger partial charge in [0.1, 0.15) is 11.5 Å². The lowest BCUT2D eigenvalue weighted by atomic mass is 10.1. The standard InChI is InChI=1S/C18H29N3O2/c1-22-16-10-6-11-17(14-16)23-13-7-12-20-18(19)21-15-8-4-2-3-5-9-15/h6,10-11,14-15H,2-5,7-9,12-13H2,1H3,(H3,19,20,21). The highest BCUT2D eigenvalue weighted by molar-refractivity contribution is 5.78. The monoisotopic (exact) mass is 319 g/mol. The molecule has 1 aliphatic carbocycles. The minimum Gasteiger partial charge on any atom is -0.497 e. The van der Waals surface area contributed by atoms with Gasteiger partial charge in [-0.05, 0) is 25.0 Å². The molecule has 0 radical (unpaired) electrons. The van der Waals surface area contributed by atoms with Crippen LogP contribution in [0.15, 0.2) is 29.3 Å². The van der Waals surface area contributed by atoms with Crippen molar-refractivity contribution in [1.82, 2.24) is 5.32 Å². The van der Waals surface area contributed by atoms with Crippen LogP contribution < -0.4 is 20.5 Å². The van der Waals surface area contributed by atoms with Crippen LogP contribution in [0.25, 0.3) is 0 Å². The first kappa shape index (κ1) is 17.4. The molecule has 0 aromatic heterocycles. The maximum Gasteiger partial charge on any atom is 0.188 e. The van der Waals surface area contributed by atoms with Gasteiger partial charge in [0, 0.05) is 25.1 Å². The Morgan fingerprint density at radius 1 is 1.22 bits per heavy atom. The first-order valence-corrected chi connectivity index (χ1v) is 8.61. The number of nitrogens with two attached hydrogens (primary N) is 1. The van der Waals surface area contributed by atoms with Crippen molar-refractivity contribution in [1.29, 1.82) is 0 Å². The topological polar surface area (TPSA) is 68.9 Å². The van der Waals surface area contributed by atoms with Gasteiger partial charge in [0.25, 0.3) is 0 Å². The fraction of sp³-hybridized carbons (Fsp3) is 0.611. The zero-order valence-electron chi connectivity index (χ0n) is 14.1. The van der Waals surface area contributed by atoms with E-state index in [1.165, 1.54) is 38.5 Å². The van der Waals surface area contributed by atoms with E-state index in [0.717, 1.165) is 17.9 Å². The largest absolute Gasteiger partial charge is 0.497 e. The van der Waals surface area contributed by atoms with Crippen LogP contribution in [0.1, 0.15) is 44.9 Å². The van der Waals surface area contributed by atoms with Crippen LogP contribution in [-0.2, 0) is 0 Å². The zero-order valence-corrected chi connectivity index (χ0v) is 14.1. The molecule has 1 saturated carbocycles. The Labute approximate surface area is 139 Å². The summed E-state index contributed by atoms with van der Waals surface area (Å²) in [6, 6.07) is 8.12. The van der Waals surface area contributed by atoms with Crippen LogP contribution in [0.5, 0.6) is 11.5 Å². The van der Waals surface area contributed by atoms with E-state index in [0.29, 0.717) is 25.2 Å². The van der Waals surface area contributed by atoms with Gasteiger partial charge in [-0.2, -0.15) is 0 Å². The van der Waals surface area contributed by atoms with Gasteiger partial charge in [-0.3, -0.25) is 4.99 Å². The summed E-state index contributed by atoms with van der Waals surface area (Å²) in [6.07, 6.45) is 8.51. The third-order valence-corrected chi connectivity index (χ3v) is 4.10. The van der Waals surface area contributed by atoms with Gasteiger partial charge in [-0.25, -0.2) is 0 Å². The molecule has 0 saturated heterocycles. The molecule has 0 atom stereocenters. The number of ether oxygens (including phenoxy) is 2. The number of benzene rings is 1. The summed E-state index contributed by atoms with van der Waals surface area (Å²) in [5.74, 6) is 2.19. The van der Waals surface area contributed by atoms with E-state index >= 15 is 0 Å². The molecule has 1 aliphatic rings. The van der Waals surface area contributed by atoms with Crippen LogP contribution >= 0.6 is 0 Å². The number of rotatable bonds is 7. The lowest BCUT2D eigenvalue weighted by molar-refractivity contribution is 0.311. The lowest BCUT2D eigenvalue weighted by Crippen LogP contribution is -2.39. The normalized spacial score (nSPS) is 16.7. The van der Waals surface area contributed by atoms with E-state index in [9.17, 15) is 0 Å². The van der Waals surface area contributed by atoms with Crippen molar-refractivity contribution in [2.75, 3.05) is 20.3 Å². The second kappa shape index (κ2) is 9.98. The quantitative estimate of drug-likeness (QED) is 0.351. The summed E-state index contributed by atoms with van der Waals surface area (Å²) < 4.78 is 10.9. The van der Waals surface area contributed by atoms with Crippen LogP contribution in [0.4, 0.5) is 0 Å². The number of nitrogens with zero attached hydrogens (tertiary/aromatic N) is 1. The molecule has 0 bridgehead atoms. The van der Waals surface area contributed by atoms with Crippen molar-refractivity contribution in [3.8, 4) is 11.5 Å². The van der Waals surface area contributed by atoms with Gasteiger partial charge in [0.15, 0.2) is 5.96 Å².